The van der Waals surface area contributed by atoms with Crippen molar-refractivity contribution in [1.29, 1.82) is 0 Å². The van der Waals surface area contributed by atoms with E-state index in [2.05, 4.69) is 20.6 Å². The molecule has 0 atom stereocenters. The van der Waals surface area contributed by atoms with Crippen LogP contribution in [0.2, 0.25) is 0 Å². The van der Waals surface area contributed by atoms with Gasteiger partial charge in [0.25, 0.3) is 0 Å². The van der Waals surface area contributed by atoms with Crippen molar-refractivity contribution < 1.29 is 18.0 Å². The van der Waals surface area contributed by atoms with Gasteiger partial charge in [0, 0.05) is 11.1 Å². The summed E-state index contributed by atoms with van der Waals surface area (Å²) >= 11 is 2.61. The Labute approximate surface area is 177 Å². The molecule has 1 amide bonds. The number of fused-ring (bicyclic) bond motifs is 1. The average molecular weight is 448 g/mol. The van der Waals surface area contributed by atoms with Gasteiger partial charge in [-0.15, -0.1) is 11.3 Å². The second kappa shape index (κ2) is 8.04. The number of thiazole rings is 2. The van der Waals surface area contributed by atoms with Gasteiger partial charge in [-0.1, -0.05) is 29.5 Å². The number of aromatic nitrogens is 2. The molecule has 2 aromatic heterocycles. The Morgan fingerprint density at radius 1 is 1.10 bits per heavy atom. The zero-order valence-electron chi connectivity index (χ0n) is 15.6. The van der Waals surface area contributed by atoms with Crippen molar-refractivity contribution in [2.45, 2.75) is 19.5 Å². The van der Waals surface area contributed by atoms with Crippen molar-refractivity contribution in [3.63, 3.8) is 0 Å². The number of anilines is 3. The first-order valence-corrected chi connectivity index (χ1v) is 10.5. The predicted octanol–water partition coefficient (Wildman–Crippen LogP) is 6.00. The molecule has 30 heavy (non-hydrogen) atoms. The number of hydrogen-bond donors (Lipinski definition) is 2. The zero-order chi connectivity index (χ0) is 21.3. The summed E-state index contributed by atoms with van der Waals surface area (Å²) < 4.78 is 39.5. The van der Waals surface area contributed by atoms with Crippen molar-refractivity contribution in [1.82, 2.24) is 9.97 Å². The number of alkyl halides is 3. The van der Waals surface area contributed by atoms with Crippen LogP contribution in [0.5, 0.6) is 0 Å². The van der Waals surface area contributed by atoms with E-state index in [9.17, 15) is 18.0 Å². The van der Waals surface area contributed by atoms with E-state index >= 15 is 0 Å². The van der Waals surface area contributed by atoms with E-state index in [1.807, 2.05) is 25.1 Å². The van der Waals surface area contributed by atoms with Crippen LogP contribution in [0.4, 0.5) is 29.1 Å². The highest BCUT2D eigenvalue weighted by atomic mass is 32.1. The van der Waals surface area contributed by atoms with Crippen molar-refractivity contribution in [2.24, 2.45) is 0 Å². The maximum atomic E-state index is 12.8. The van der Waals surface area contributed by atoms with E-state index in [1.54, 1.807) is 5.38 Å². The lowest BCUT2D eigenvalue weighted by Crippen LogP contribution is -2.14. The van der Waals surface area contributed by atoms with E-state index in [1.165, 1.54) is 34.8 Å². The Morgan fingerprint density at radius 2 is 1.90 bits per heavy atom. The number of nitrogens with zero attached hydrogens (tertiary/aromatic N) is 2. The lowest BCUT2D eigenvalue weighted by Gasteiger charge is -2.08. The lowest BCUT2D eigenvalue weighted by atomic mass is 10.2. The van der Waals surface area contributed by atoms with Crippen LogP contribution in [0.3, 0.4) is 0 Å². The van der Waals surface area contributed by atoms with Crippen molar-refractivity contribution in [3.05, 3.63) is 64.7 Å². The zero-order valence-corrected chi connectivity index (χ0v) is 17.2. The summed E-state index contributed by atoms with van der Waals surface area (Å²) in [4.78, 5) is 21.1. The fourth-order valence-corrected chi connectivity index (χ4v) is 4.50. The van der Waals surface area contributed by atoms with E-state index in [0.717, 1.165) is 27.9 Å². The van der Waals surface area contributed by atoms with Crippen LogP contribution in [0, 0.1) is 6.92 Å². The molecule has 2 N–H and O–H groups in total. The first-order chi connectivity index (χ1) is 14.3. The molecule has 0 fully saturated rings. The van der Waals surface area contributed by atoms with Crippen molar-refractivity contribution in [3.8, 4) is 0 Å². The number of nitrogens with one attached hydrogen (secondary N) is 2. The minimum Gasteiger partial charge on any atom is -0.332 e. The fraction of sp³-hybridized carbons (Fsp3) is 0.150. The highest BCUT2D eigenvalue weighted by Gasteiger charge is 2.30. The van der Waals surface area contributed by atoms with E-state index in [4.69, 9.17) is 0 Å². The Balaban J connectivity index is 1.40. The Morgan fingerprint density at radius 3 is 2.67 bits per heavy atom. The summed E-state index contributed by atoms with van der Waals surface area (Å²) in [5.41, 5.74) is 1.95. The van der Waals surface area contributed by atoms with E-state index in [-0.39, 0.29) is 18.0 Å². The number of para-hydroxylation sites is 1. The number of aryl methyl sites for hydroxylation is 1. The van der Waals surface area contributed by atoms with Gasteiger partial charge < -0.3 is 10.6 Å². The molecule has 154 valence electrons. The van der Waals surface area contributed by atoms with E-state index in [0.29, 0.717) is 16.0 Å². The highest BCUT2D eigenvalue weighted by molar-refractivity contribution is 7.22. The molecule has 0 bridgehead atoms. The van der Waals surface area contributed by atoms with Crippen molar-refractivity contribution >= 4 is 54.7 Å². The third kappa shape index (κ3) is 4.60. The second-order valence-electron chi connectivity index (χ2n) is 6.51. The Bertz CT molecular complexity index is 1220. The number of carbonyl (C=O) groups excluding carboxylic acids is 1. The molecule has 4 aromatic rings. The van der Waals surface area contributed by atoms with Crippen LogP contribution in [0.1, 0.15) is 16.8 Å². The molecule has 0 aliphatic carbocycles. The minimum absolute atomic E-state index is 0.0374. The molecule has 2 aromatic carbocycles. The first kappa shape index (κ1) is 20.3. The second-order valence-corrected chi connectivity index (χ2v) is 8.40. The number of rotatable bonds is 5. The molecule has 0 radical (unpaired) electrons. The third-order valence-electron chi connectivity index (χ3n) is 4.20. The van der Waals surface area contributed by atoms with Crippen LogP contribution >= 0.6 is 22.7 Å². The van der Waals surface area contributed by atoms with Crippen LogP contribution in [0.15, 0.2) is 47.8 Å². The van der Waals surface area contributed by atoms with Crippen LogP contribution in [-0.4, -0.2) is 15.9 Å². The van der Waals surface area contributed by atoms with Gasteiger partial charge in [0.2, 0.25) is 5.91 Å². The molecule has 0 aliphatic heterocycles. The lowest BCUT2D eigenvalue weighted by molar-refractivity contribution is -0.137. The number of hydrogen-bond acceptors (Lipinski definition) is 6. The molecule has 0 saturated carbocycles. The predicted molar refractivity (Wildman–Crippen MR) is 114 cm³/mol. The molecule has 0 saturated heterocycles. The number of benzene rings is 2. The van der Waals surface area contributed by atoms with Crippen LogP contribution in [-0.2, 0) is 17.4 Å². The third-order valence-corrected chi connectivity index (χ3v) is 5.94. The molecular weight excluding hydrogens is 433 g/mol. The molecule has 4 rings (SSSR count). The molecule has 2 heterocycles. The number of halogens is 3. The SMILES string of the molecule is Cc1cccc2sc(NC(=O)Cc3csc(Nc4cccc(C(F)(F)F)c4)n3)nc12. The smallest absolute Gasteiger partial charge is 0.332 e. The topological polar surface area (TPSA) is 66.9 Å². The molecule has 0 unspecified atom stereocenters. The monoisotopic (exact) mass is 448 g/mol. The van der Waals surface area contributed by atoms with Gasteiger partial charge in [-0.2, -0.15) is 13.2 Å². The molecular formula is C20H15F3N4OS2. The summed E-state index contributed by atoms with van der Waals surface area (Å²) in [6, 6.07) is 10.7. The van der Waals surface area contributed by atoms with Gasteiger partial charge in [0.05, 0.1) is 27.9 Å². The van der Waals surface area contributed by atoms with Gasteiger partial charge in [0.15, 0.2) is 10.3 Å². The van der Waals surface area contributed by atoms with Gasteiger partial charge in [-0.3, -0.25) is 4.79 Å². The molecule has 0 aliphatic rings. The maximum Gasteiger partial charge on any atom is 0.416 e. The van der Waals surface area contributed by atoms with Crippen LogP contribution in [0.25, 0.3) is 10.2 Å². The quantitative estimate of drug-likeness (QED) is 0.393. The van der Waals surface area contributed by atoms with Crippen molar-refractivity contribution in [2.75, 3.05) is 10.6 Å². The largest absolute Gasteiger partial charge is 0.416 e. The summed E-state index contributed by atoms with van der Waals surface area (Å²) in [7, 11) is 0. The molecule has 0 spiro atoms. The van der Waals surface area contributed by atoms with Crippen LogP contribution < -0.4 is 10.6 Å². The average Bonchev–Trinajstić information content (AvgIpc) is 3.28. The van der Waals surface area contributed by atoms with Gasteiger partial charge >= 0.3 is 6.18 Å². The van der Waals surface area contributed by atoms with Gasteiger partial charge in [0.1, 0.15) is 0 Å². The number of carbonyl (C=O) groups is 1. The summed E-state index contributed by atoms with van der Waals surface area (Å²) in [5, 5.41) is 8.24. The van der Waals surface area contributed by atoms with Gasteiger partial charge in [-0.05, 0) is 36.8 Å². The summed E-state index contributed by atoms with van der Waals surface area (Å²) in [6.45, 7) is 1.96. The Kier molecular flexibility index (Phi) is 5.44. The van der Waals surface area contributed by atoms with Gasteiger partial charge in [-0.25, -0.2) is 9.97 Å². The first-order valence-electron chi connectivity index (χ1n) is 8.82. The Hall–Kier alpha value is -2.98. The summed E-state index contributed by atoms with van der Waals surface area (Å²) in [6.07, 6.45) is -4.38. The van der Waals surface area contributed by atoms with E-state index < -0.39 is 11.7 Å². The number of amides is 1. The maximum absolute atomic E-state index is 12.8. The minimum atomic E-state index is -4.41. The summed E-state index contributed by atoms with van der Waals surface area (Å²) in [5.74, 6) is -0.261. The molecule has 10 heteroatoms. The standard InChI is InChI=1S/C20H15F3N4OS2/c1-11-4-2-7-15-17(11)27-19(30-15)26-16(28)9-14-10-29-18(25-14)24-13-6-3-5-12(8-13)20(21,22)23/h2-8,10H,9H2,1H3,(H,24,25)(H,26,27,28). The highest BCUT2D eigenvalue weighted by Crippen LogP contribution is 2.32. The fourth-order valence-electron chi connectivity index (χ4n) is 2.81. The molecule has 5 nitrogen and oxygen atoms in total. The normalized spacial score (nSPS) is 11.6.